The van der Waals surface area contributed by atoms with Crippen molar-refractivity contribution in [2.24, 2.45) is 0 Å². The number of unbranched alkanes of at least 4 members (excludes halogenated alkanes) is 6. The predicted molar refractivity (Wildman–Crippen MR) is 424 cm³/mol. The molecule has 0 aliphatic carbocycles. The Morgan fingerprint density at radius 1 is 0.382 bits per heavy atom. The number of benzene rings is 10. The van der Waals surface area contributed by atoms with Crippen LogP contribution >= 0.6 is 0 Å². The minimum atomic E-state index is -0.929. The molecule has 1 fully saturated rings. The molecule has 10 aromatic carbocycles. The number of aryl methyl sites for hydroxylation is 2. The van der Waals surface area contributed by atoms with Gasteiger partial charge in [0.2, 0.25) is 13.6 Å². The molecule has 20 heteroatoms. The Morgan fingerprint density at radius 3 is 1.24 bits per heavy atom. The molecule has 0 atom stereocenters. The summed E-state index contributed by atoms with van der Waals surface area (Å²) in [6.45, 7) is 21.9. The fraction of sp³-hybridized carbons (Fsp3) is 0.267. The van der Waals surface area contributed by atoms with Crippen molar-refractivity contribution in [1.82, 2.24) is 0 Å². The number of carboxylic acid groups (broad SMARTS) is 1. The molecular weight excluding hydrogens is 1400 g/mol. The summed E-state index contributed by atoms with van der Waals surface area (Å²) in [4.78, 5) is 70.0. The summed E-state index contributed by atoms with van der Waals surface area (Å²) >= 11 is 0. The van der Waals surface area contributed by atoms with Gasteiger partial charge in [0.15, 0.2) is 0 Å². The SMILES string of the molecule is C1CCOC1.C=CC(=O)OCCCCCCOc1ccc2cc(C(=O)O)ccc2c1.C=CC(=O)Oc1ccc2cc(C(=O)Oc3ccc(O)cc3CCC)ccc2c1.C=COCOc1ccc2cc(OCOc3ccc(OC(=O)c4ccc5cc(OCCCCCCOC(=O)C=C)ccc5c4)cc3CCC)ccc2c1. The fourth-order valence-electron chi connectivity index (χ4n) is 11.3. The van der Waals surface area contributed by atoms with E-state index in [1.54, 1.807) is 84.9 Å². The summed E-state index contributed by atoms with van der Waals surface area (Å²) in [6.07, 6.45) is 17.9. The predicted octanol–water partition coefficient (Wildman–Crippen LogP) is 19.6. The maximum atomic E-state index is 13.2. The van der Waals surface area contributed by atoms with Crippen LogP contribution in [-0.2, 0) is 46.2 Å². The summed E-state index contributed by atoms with van der Waals surface area (Å²) in [5, 5.41) is 26.0. The van der Waals surface area contributed by atoms with Gasteiger partial charge in [-0.2, -0.15) is 0 Å². The maximum Gasteiger partial charge on any atom is 0.343 e. The van der Waals surface area contributed by atoms with Crippen molar-refractivity contribution in [3.05, 3.63) is 261 Å². The molecule has 0 spiro atoms. The summed E-state index contributed by atoms with van der Waals surface area (Å²) in [7, 11) is 0. The Bertz CT molecular complexity index is 4760. The van der Waals surface area contributed by atoms with Gasteiger partial charge in [-0.15, -0.1) is 0 Å². The number of phenolic OH excluding ortho intramolecular Hbond substituents is 1. The van der Waals surface area contributed by atoms with E-state index < -0.39 is 23.9 Å². The standard InChI is InChI=1S/C43H44O9.C23H20O5.C20H22O5.C4H8O/c1-4-11-35-28-40(20-21-41(35)51-30-50-39-19-16-33-26-38(49-29-46-6-3)18-15-34(33)27-39)52-43(45)36-13-12-32-25-37(17-14-31(32)24-36)47-22-9-7-8-10-23-48-42(44)5-2;1-3-5-17-13-19(24)9-11-21(17)28-23(26)18-7-6-16-14-20(27-22(25)4-2)10-8-15(16)12-18;1-2-19(21)25-12-6-4-3-5-11-24-18-10-9-15-13-17(20(22)23)8-7-16(15)14-18;1-2-4-5-3-1/h5-6,12-21,24-28H,2-4,7-11,22-23,29-30H2,1H3;4,6-14,24H,2-3,5H2,1H3;2,7-10,13-14H,1,3-6,11-12H2,(H,22,23);1-4H2. The first-order valence-electron chi connectivity index (χ1n) is 36.7. The number of hydrogen-bond acceptors (Lipinski definition) is 19. The Kier molecular flexibility index (Phi) is 34.3. The number of aromatic hydroxyl groups is 1. The van der Waals surface area contributed by atoms with Gasteiger partial charge in [0.05, 0.1) is 49.4 Å². The summed E-state index contributed by atoms with van der Waals surface area (Å²) < 4.78 is 65.4. The lowest BCUT2D eigenvalue weighted by molar-refractivity contribution is -0.138. The van der Waals surface area contributed by atoms with Crippen LogP contribution in [0, 0.1) is 0 Å². The third-order valence-electron chi connectivity index (χ3n) is 17.0. The molecule has 0 aromatic heterocycles. The van der Waals surface area contributed by atoms with Crippen LogP contribution in [0.1, 0.15) is 133 Å². The van der Waals surface area contributed by atoms with Crippen molar-refractivity contribution >= 4 is 78.9 Å². The van der Waals surface area contributed by atoms with Gasteiger partial charge < -0.3 is 67.1 Å². The molecule has 574 valence electrons. The molecule has 0 radical (unpaired) electrons. The van der Waals surface area contributed by atoms with Crippen LogP contribution in [0.2, 0.25) is 0 Å². The van der Waals surface area contributed by atoms with Gasteiger partial charge in [0, 0.05) is 31.4 Å². The zero-order valence-corrected chi connectivity index (χ0v) is 62.3. The van der Waals surface area contributed by atoms with Gasteiger partial charge in [-0.05, 0) is 265 Å². The van der Waals surface area contributed by atoms with Crippen molar-refractivity contribution < 1.29 is 95.8 Å². The van der Waals surface area contributed by atoms with Gasteiger partial charge >= 0.3 is 35.8 Å². The second-order valence-corrected chi connectivity index (χ2v) is 25.2. The van der Waals surface area contributed by atoms with Gasteiger partial charge in [0.25, 0.3) is 0 Å². The number of aromatic carboxylic acids is 1. The second-order valence-electron chi connectivity index (χ2n) is 25.2. The van der Waals surface area contributed by atoms with Crippen LogP contribution in [0.25, 0.3) is 43.1 Å². The molecule has 0 amide bonds. The minimum Gasteiger partial charge on any atom is -0.508 e. The number of fused-ring (bicyclic) bond motifs is 4. The molecule has 0 bridgehead atoms. The summed E-state index contributed by atoms with van der Waals surface area (Å²) in [5.74, 6) is 1.86. The van der Waals surface area contributed by atoms with E-state index in [9.17, 15) is 33.9 Å². The molecule has 1 aliphatic heterocycles. The smallest absolute Gasteiger partial charge is 0.343 e. The van der Waals surface area contributed by atoms with Gasteiger partial charge in [-0.3, -0.25) is 0 Å². The third kappa shape index (κ3) is 27.7. The van der Waals surface area contributed by atoms with Crippen LogP contribution in [0.15, 0.2) is 233 Å². The number of rotatable bonds is 37. The van der Waals surface area contributed by atoms with Gasteiger partial charge in [-0.1, -0.05) is 102 Å². The highest BCUT2D eigenvalue weighted by atomic mass is 16.7. The Balaban J connectivity index is 0.000000219. The van der Waals surface area contributed by atoms with Crippen LogP contribution in [0.3, 0.4) is 0 Å². The van der Waals surface area contributed by atoms with E-state index in [-0.39, 0.29) is 36.8 Å². The number of phenols is 1. The normalized spacial score (nSPS) is 11.2. The van der Waals surface area contributed by atoms with Gasteiger partial charge in [0.1, 0.15) is 51.7 Å². The summed E-state index contributed by atoms with van der Waals surface area (Å²) in [5.41, 5.74) is 2.83. The Hall–Kier alpha value is -12.4. The zero-order chi connectivity index (χ0) is 78.2. The summed E-state index contributed by atoms with van der Waals surface area (Å²) in [6, 6.07) is 53.8. The minimum absolute atomic E-state index is 0.0158. The average molecular weight is 1500 g/mol. The number of ether oxygens (including phenoxy) is 12. The zero-order valence-electron chi connectivity index (χ0n) is 62.3. The highest BCUT2D eigenvalue weighted by molar-refractivity contribution is 5.99. The second kappa shape index (κ2) is 45.3. The van der Waals surface area contributed by atoms with Crippen molar-refractivity contribution in [2.75, 3.05) is 53.2 Å². The van der Waals surface area contributed by atoms with Crippen LogP contribution in [0.5, 0.6) is 51.7 Å². The molecule has 1 saturated heterocycles. The largest absolute Gasteiger partial charge is 0.508 e. The van der Waals surface area contributed by atoms with Crippen molar-refractivity contribution in [1.29, 1.82) is 0 Å². The van der Waals surface area contributed by atoms with E-state index in [1.165, 1.54) is 37.3 Å². The molecule has 1 aliphatic rings. The monoisotopic (exact) mass is 1490 g/mol. The number of hydrogen-bond donors (Lipinski definition) is 2. The number of esters is 5. The molecule has 2 N–H and O–H groups in total. The van der Waals surface area contributed by atoms with Gasteiger partial charge in [-0.25, -0.2) is 28.8 Å². The van der Waals surface area contributed by atoms with E-state index in [0.29, 0.717) is 78.5 Å². The average Bonchev–Trinajstić information content (AvgIpc) is 0.965. The Labute approximate surface area is 640 Å². The van der Waals surface area contributed by atoms with E-state index in [1.807, 2.05) is 97.9 Å². The van der Waals surface area contributed by atoms with Crippen molar-refractivity contribution in [3.63, 3.8) is 0 Å². The number of carbonyl (C=O) groups is 6. The lowest BCUT2D eigenvalue weighted by Gasteiger charge is -2.14. The first-order chi connectivity index (χ1) is 53.5. The molecule has 1 heterocycles. The molecule has 0 unspecified atom stereocenters. The Morgan fingerprint density at radius 2 is 0.773 bits per heavy atom. The first kappa shape index (κ1) is 83.2. The molecular formula is C90H94O20. The molecule has 0 saturated carbocycles. The highest BCUT2D eigenvalue weighted by Crippen LogP contribution is 2.32. The van der Waals surface area contributed by atoms with Crippen molar-refractivity contribution in [2.45, 2.75) is 104 Å². The molecule has 10 aromatic rings. The topological polar surface area (TPSA) is 254 Å². The lowest BCUT2D eigenvalue weighted by Crippen LogP contribution is -2.10. The van der Waals surface area contributed by atoms with Crippen LogP contribution < -0.4 is 37.9 Å². The molecule has 110 heavy (non-hydrogen) atoms. The first-order valence-corrected chi connectivity index (χ1v) is 36.7. The molecule has 11 rings (SSSR count). The lowest BCUT2D eigenvalue weighted by atomic mass is 10.1. The quantitative estimate of drug-likeness (QED) is 0.00916. The highest BCUT2D eigenvalue weighted by Gasteiger charge is 2.17. The number of carbonyl (C=O) groups excluding carboxylic acids is 5. The van der Waals surface area contributed by atoms with Crippen LogP contribution in [0.4, 0.5) is 0 Å². The molecule has 20 nitrogen and oxygen atoms in total. The van der Waals surface area contributed by atoms with E-state index >= 15 is 0 Å². The van der Waals surface area contributed by atoms with E-state index in [4.69, 9.17) is 61.9 Å². The fourth-order valence-corrected chi connectivity index (χ4v) is 11.3. The van der Waals surface area contributed by atoms with Crippen LogP contribution in [-0.4, -0.2) is 99.3 Å². The third-order valence-corrected chi connectivity index (χ3v) is 17.0. The van der Waals surface area contributed by atoms with Crippen molar-refractivity contribution in [3.8, 4) is 51.7 Å². The van der Waals surface area contributed by atoms with E-state index in [0.717, 1.165) is 156 Å². The number of carboxylic acids is 1. The van der Waals surface area contributed by atoms with E-state index in [2.05, 4.69) is 33.2 Å². The maximum absolute atomic E-state index is 13.2.